The van der Waals surface area contributed by atoms with Crippen LogP contribution in [0.5, 0.6) is 0 Å². The highest BCUT2D eigenvalue weighted by Gasteiger charge is 2.08. The van der Waals surface area contributed by atoms with Gasteiger partial charge in [-0.3, -0.25) is 0 Å². The number of aryl methyl sites for hydroxylation is 1. The lowest BCUT2D eigenvalue weighted by Gasteiger charge is -2.03. The summed E-state index contributed by atoms with van der Waals surface area (Å²) in [6.07, 6.45) is 20.7. The second kappa shape index (κ2) is 12.7. The van der Waals surface area contributed by atoms with E-state index in [1.54, 1.807) is 0 Å². The molecule has 0 aliphatic carbocycles. The minimum Gasteiger partial charge on any atom is -0.389 e. The summed E-state index contributed by atoms with van der Waals surface area (Å²) in [6.45, 7) is 6.11. The molecule has 0 saturated carbocycles. The van der Waals surface area contributed by atoms with Gasteiger partial charge in [0.05, 0.1) is 12.6 Å². The van der Waals surface area contributed by atoms with Crippen LogP contribution in [0.2, 0.25) is 0 Å². The predicted molar refractivity (Wildman–Crippen MR) is 92.8 cm³/mol. The van der Waals surface area contributed by atoms with Gasteiger partial charge in [-0.05, 0) is 19.3 Å². The van der Waals surface area contributed by atoms with E-state index in [0.29, 0.717) is 6.54 Å². The average Bonchev–Trinajstić information content (AvgIpc) is 2.96. The van der Waals surface area contributed by atoms with Crippen LogP contribution in [0.25, 0.3) is 0 Å². The molecular weight excluding hydrogens is 272 g/mol. The maximum Gasteiger partial charge on any atom is 0.243 e. The van der Waals surface area contributed by atoms with Gasteiger partial charge in [-0.15, -0.1) is 0 Å². The minimum atomic E-state index is -0.224. The topological polar surface area (TPSA) is 29.0 Å². The summed E-state index contributed by atoms with van der Waals surface area (Å²) in [7, 11) is 0. The molecule has 0 saturated heterocycles. The number of aliphatic hydroxyl groups excluding tert-OH is 1. The number of aromatic nitrogens is 2. The molecule has 1 atom stereocenters. The Bertz CT molecular complexity index is 362. The zero-order valence-electron chi connectivity index (χ0n) is 14.8. The van der Waals surface area contributed by atoms with Gasteiger partial charge >= 0.3 is 0 Å². The highest BCUT2D eigenvalue weighted by molar-refractivity contribution is 4.66. The smallest absolute Gasteiger partial charge is 0.243 e. The molecule has 128 valence electrons. The first-order valence-electron chi connectivity index (χ1n) is 9.49. The lowest BCUT2D eigenvalue weighted by atomic mass is 10.1. The molecule has 0 unspecified atom stereocenters. The minimum absolute atomic E-state index is 0.224. The fourth-order valence-corrected chi connectivity index (χ4v) is 2.83. The average molecular weight is 310 g/mol. The Morgan fingerprint density at radius 3 is 2.09 bits per heavy atom. The van der Waals surface area contributed by atoms with Crippen LogP contribution in [0.3, 0.4) is 0 Å². The van der Waals surface area contributed by atoms with Crippen LogP contribution in [-0.2, 0) is 13.1 Å². The molecule has 0 aromatic carbocycles. The van der Waals surface area contributed by atoms with Crippen LogP contribution in [0, 0.1) is 0 Å². The van der Waals surface area contributed by atoms with Gasteiger partial charge in [-0.25, -0.2) is 9.13 Å². The number of rotatable bonds is 14. The third-order valence-electron chi connectivity index (χ3n) is 4.41. The van der Waals surface area contributed by atoms with Crippen LogP contribution >= 0.6 is 0 Å². The van der Waals surface area contributed by atoms with Crippen molar-refractivity contribution in [2.45, 2.75) is 104 Å². The number of nitrogens with zero attached hydrogens (tertiary/aromatic N) is 2. The quantitative estimate of drug-likeness (QED) is 0.399. The Labute approximate surface area is 137 Å². The van der Waals surface area contributed by atoms with Crippen molar-refractivity contribution in [3.05, 3.63) is 18.7 Å². The lowest BCUT2D eigenvalue weighted by Crippen LogP contribution is -2.37. The van der Waals surface area contributed by atoms with E-state index in [0.717, 1.165) is 13.0 Å². The van der Waals surface area contributed by atoms with Gasteiger partial charge in [0.2, 0.25) is 6.33 Å². The van der Waals surface area contributed by atoms with Gasteiger partial charge < -0.3 is 5.11 Å². The molecule has 0 aliphatic rings. The van der Waals surface area contributed by atoms with Crippen LogP contribution in [0.4, 0.5) is 0 Å². The maximum absolute atomic E-state index is 9.66. The summed E-state index contributed by atoms with van der Waals surface area (Å²) < 4.78 is 4.33. The van der Waals surface area contributed by atoms with E-state index >= 15 is 0 Å². The molecular formula is C19H37N2O+. The first-order valence-corrected chi connectivity index (χ1v) is 9.49. The van der Waals surface area contributed by atoms with Gasteiger partial charge in [0, 0.05) is 0 Å². The summed E-state index contributed by atoms with van der Waals surface area (Å²) in [4.78, 5) is 0. The Morgan fingerprint density at radius 2 is 1.50 bits per heavy atom. The van der Waals surface area contributed by atoms with Crippen molar-refractivity contribution in [1.82, 2.24) is 4.57 Å². The summed E-state index contributed by atoms with van der Waals surface area (Å²) in [5, 5.41) is 9.66. The molecule has 3 nitrogen and oxygen atoms in total. The standard InChI is InChI=1S/C19H37N2O/c1-3-5-6-7-8-9-10-11-12-13-14-20-15-16-21(18-20)17-19(22)4-2/h15-16,18-19,22H,3-14,17H2,1-2H3/q+1/t19-/m0/s1. The van der Waals surface area contributed by atoms with Crippen molar-refractivity contribution < 1.29 is 9.67 Å². The van der Waals surface area contributed by atoms with E-state index in [-0.39, 0.29) is 6.10 Å². The van der Waals surface area contributed by atoms with Crippen molar-refractivity contribution in [1.29, 1.82) is 0 Å². The monoisotopic (exact) mass is 309 g/mol. The fourth-order valence-electron chi connectivity index (χ4n) is 2.83. The molecule has 0 spiro atoms. The Balaban J connectivity index is 1.96. The normalized spacial score (nSPS) is 12.7. The van der Waals surface area contributed by atoms with Crippen molar-refractivity contribution in [3.8, 4) is 0 Å². The second-order valence-corrected chi connectivity index (χ2v) is 6.59. The molecule has 0 bridgehead atoms. The molecule has 0 fully saturated rings. The first-order chi connectivity index (χ1) is 10.8. The van der Waals surface area contributed by atoms with Gasteiger partial charge in [-0.1, -0.05) is 65.2 Å². The van der Waals surface area contributed by atoms with Crippen LogP contribution in [0.15, 0.2) is 18.7 Å². The predicted octanol–water partition coefficient (Wildman–Crippen LogP) is 4.47. The number of unbranched alkanes of at least 4 members (excludes halogenated alkanes) is 9. The molecule has 1 N–H and O–H groups in total. The molecule has 0 aliphatic heterocycles. The van der Waals surface area contributed by atoms with E-state index in [1.807, 2.05) is 6.92 Å². The molecule has 1 aromatic rings. The van der Waals surface area contributed by atoms with E-state index in [2.05, 4.69) is 34.8 Å². The number of imidazole rings is 1. The van der Waals surface area contributed by atoms with E-state index < -0.39 is 0 Å². The van der Waals surface area contributed by atoms with Gasteiger partial charge in [0.1, 0.15) is 18.9 Å². The summed E-state index contributed by atoms with van der Waals surface area (Å²) in [5.74, 6) is 0. The molecule has 22 heavy (non-hydrogen) atoms. The molecule has 3 heteroatoms. The third-order valence-corrected chi connectivity index (χ3v) is 4.41. The van der Waals surface area contributed by atoms with Crippen LogP contribution < -0.4 is 4.57 Å². The van der Waals surface area contributed by atoms with Crippen molar-refractivity contribution >= 4 is 0 Å². The zero-order valence-corrected chi connectivity index (χ0v) is 14.8. The summed E-state index contributed by atoms with van der Waals surface area (Å²) in [5.41, 5.74) is 0. The van der Waals surface area contributed by atoms with Crippen LogP contribution in [0.1, 0.15) is 84.5 Å². The first kappa shape index (κ1) is 19.2. The SMILES string of the molecule is CCCCCCCCCCCCn1cc[n+](C[C@@H](O)CC)c1. The molecule has 1 heterocycles. The summed E-state index contributed by atoms with van der Waals surface area (Å²) in [6, 6.07) is 0. The molecule has 0 amide bonds. The fraction of sp³-hybridized carbons (Fsp3) is 0.842. The lowest BCUT2D eigenvalue weighted by molar-refractivity contribution is -0.703. The van der Waals surface area contributed by atoms with Crippen LogP contribution in [-0.4, -0.2) is 15.8 Å². The van der Waals surface area contributed by atoms with Crippen molar-refractivity contribution in [2.75, 3.05) is 0 Å². The van der Waals surface area contributed by atoms with Crippen molar-refractivity contribution in [2.24, 2.45) is 0 Å². The Hall–Kier alpha value is -0.830. The molecule has 1 aromatic heterocycles. The summed E-state index contributed by atoms with van der Waals surface area (Å²) >= 11 is 0. The van der Waals surface area contributed by atoms with Gasteiger partial charge in [0.15, 0.2) is 0 Å². The highest BCUT2D eigenvalue weighted by atomic mass is 16.3. The van der Waals surface area contributed by atoms with E-state index in [1.165, 1.54) is 64.2 Å². The number of aliphatic hydroxyl groups is 1. The van der Waals surface area contributed by atoms with E-state index in [9.17, 15) is 5.11 Å². The van der Waals surface area contributed by atoms with Crippen molar-refractivity contribution in [3.63, 3.8) is 0 Å². The number of hydrogen-bond donors (Lipinski definition) is 1. The highest BCUT2D eigenvalue weighted by Crippen LogP contribution is 2.10. The Kier molecular flexibility index (Phi) is 11.1. The van der Waals surface area contributed by atoms with E-state index in [4.69, 9.17) is 0 Å². The third kappa shape index (κ3) is 9.24. The number of hydrogen-bond acceptors (Lipinski definition) is 1. The Morgan fingerprint density at radius 1 is 0.909 bits per heavy atom. The maximum atomic E-state index is 9.66. The molecule has 0 radical (unpaired) electrons. The van der Waals surface area contributed by atoms with Gasteiger partial charge in [-0.2, -0.15) is 0 Å². The van der Waals surface area contributed by atoms with Gasteiger partial charge in [0.25, 0.3) is 0 Å². The largest absolute Gasteiger partial charge is 0.389 e. The second-order valence-electron chi connectivity index (χ2n) is 6.59. The zero-order chi connectivity index (χ0) is 16.0. The molecule has 1 rings (SSSR count).